The number of carbonyl (C=O) groups excluding carboxylic acids is 2. The molecule has 1 aliphatic rings. The van der Waals surface area contributed by atoms with Crippen LogP contribution in [-0.4, -0.2) is 17.7 Å². The van der Waals surface area contributed by atoms with Gasteiger partial charge in [0.05, 0.1) is 0 Å². The second-order valence-electron chi connectivity index (χ2n) is 6.76. The summed E-state index contributed by atoms with van der Waals surface area (Å²) >= 11 is 0. The van der Waals surface area contributed by atoms with Crippen LogP contribution in [0.3, 0.4) is 0 Å². The Morgan fingerprint density at radius 2 is 1.42 bits per heavy atom. The topological polar surface area (TPSA) is 64.6 Å². The molecule has 0 unspecified atom stereocenters. The third kappa shape index (κ3) is 3.77. The summed E-state index contributed by atoms with van der Waals surface area (Å²) in [4.78, 5) is 23.8. The molecule has 5 nitrogen and oxygen atoms in total. The highest BCUT2D eigenvalue weighted by molar-refractivity contribution is 6.15. The molecule has 2 aromatic rings. The van der Waals surface area contributed by atoms with Gasteiger partial charge in [-0.2, -0.15) is 0 Å². The van der Waals surface area contributed by atoms with E-state index in [1.54, 1.807) is 0 Å². The quantitative estimate of drug-likeness (QED) is 0.512. The summed E-state index contributed by atoms with van der Waals surface area (Å²) in [6.45, 7) is 7.20. The van der Waals surface area contributed by atoms with Gasteiger partial charge < -0.3 is 14.8 Å². The van der Waals surface area contributed by atoms with Gasteiger partial charge in [0.25, 0.3) is 5.79 Å². The molecule has 0 spiro atoms. The molecule has 1 saturated heterocycles. The van der Waals surface area contributed by atoms with Gasteiger partial charge in [0.2, 0.25) is 0 Å². The Hall–Kier alpha value is -3.08. The molecule has 0 bridgehead atoms. The number of carbonyl (C=O) groups is 2. The maximum atomic E-state index is 11.9. The number of ether oxygens (including phenoxy) is 2. The highest BCUT2D eigenvalue weighted by Crippen LogP contribution is 2.25. The standard InChI is InChI=1S/C21H21NO4/c1-13-5-6-16(11-14(13)2)15-7-9-17(10-8-15)22-12-18-19(23)25-21(3,4)26-20(18)24/h5-12,22H,1-4H3. The van der Waals surface area contributed by atoms with Crippen molar-refractivity contribution >= 4 is 17.6 Å². The Morgan fingerprint density at radius 1 is 0.846 bits per heavy atom. The fourth-order valence-corrected chi connectivity index (χ4v) is 2.61. The van der Waals surface area contributed by atoms with E-state index in [4.69, 9.17) is 9.47 Å². The molecular formula is C21H21NO4. The van der Waals surface area contributed by atoms with Gasteiger partial charge in [-0.15, -0.1) is 0 Å². The molecule has 134 valence electrons. The molecule has 0 atom stereocenters. The SMILES string of the molecule is Cc1ccc(-c2ccc(NC=C3C(=O)OC(C)(C)OC3=O)cc2)cc1C. The second kappa shape index (κ2) is 6.67. The van der Waals surface area contributed by atoms with Crippen molar-refractivity contribution in [3.8, 4) is 11.1 Å². The average Bonchev–Trinajstić information content (AvgIpc) is 2.56. The average molecular weight is 351 g/mol. The van der Waals surface area contributed by atoms with Crippen LogP contribution in [0.5, 0.6) is 0 Å². The molecule has 5 heteroatoms. The lowest BCUT2D eigenvalue weighted by Gasteiger charge is -2.29. The van der Waals surface area contributed by atoms with E-state index in [0.29, 0.717) is 0 Å². The zero-order valence-corrected chi connectivity index (χ0v) is 15.3. The molecule has 1 fully saturated rings. The smallest absolute Gasteiger partial charge is 0.350 e. The lowest BCUT2D eigenvalue weighted by molar-refractivity contribution is -0.222. The monoisotopic (exact) mass is 351 g/mol. The van der Waals surface area contributed by atoms with E-state index >= 15 is 0 Å². The largest absolute Gasteiger partial charge is 0.419 e. The van der Waals surface area contributed by atoms with Crippen molar-refractivity contribution in [2.75, 3.05) is 5.32 Å². The molecule has 0 amide bonds. The number of hydrogen-bond donors (Lipinski definition) is 1. The highest BCUT2D eigenvalue weighted by Gasteiger charge is 2.38. The minimum Gasteiger partial charge on any atom is -0.419 e. The number of anilines is 1. The minimum absolute atomic E-state index is 0.164. The van der Waals surface area contributed by atoms with Crippen molar-refractivity contribution in [3.63, 3.8) is 0 Å². The molecule has 1 aliphatic heterocycles. The van der Waals surface area contributed by atoms with Crippen LogP contribution in [0.4, 0.5) is 5.69 Å². The maximum absolute atomic E-state index is 11.9. The lowest BCUT2D eigenvalue weighted by Crippen LogP contribution is -2.42. The summed E-state index contributed by atoms with van der Waals surface area (Å²) in [5.41, 5.74) is 5.31. The summed E-state index contributed by atoms with van der Waals surface area (Å²) < 4.78 is 10.1. The summed E-state index contributed by atoms with van der Waals surface area (Å²) in [7, 11) is 0. The van der Waals surface area contributed by atoms with Gasteiger partial charge >= 0.3 is 11.9 Å². The van der Waals surface area contributed by atoms with Gasteiger partial charge in [0.15, 0.2) is 5.57 Å². The van der Waals surface area contributed by atoms with E-state index < -0.39 is 17.7 Å². The molecule has 0 radical (unpaired) electrons. The first kappa shape index (κ1) is 17.7. The number of benzene rings is 2. The van der Waals surface area contributed by atoms with Crippen LogP contribution in [0.25, 0.3) is 11.1 Å². The van der Waals surface area contributed by atoms with Crippen LogP contribution in [0.2, 0.25) is 0 Å². The van der Waals surface area contributed by atoms with Crippen LogP contribution in [0, 0.1) is 13.8 Å². The fourth-order valence-electron chi connectivity index (χ4n) is 2.61. The van der Waals surface area contributed by atoms with E-state index in [1.807, 2.05) is 24.3 Å². The van der Waals surface area contributed by atoms with Gasteiger partial charge in [-0.3, -0.25) is 0 Å². The van der Waals surface area contributed by atoms with Crippen LogP contribution >= 0.6 is 0 Å². The Kier molecular flexibility index (Phi) is 4.55. The second-order valence-corrected chi connectivity index (χ2v) is 6.76. The van der Waals surface area contributed by atoms with E-state index in [1.165, 1.54) is 31.2 Å². The Labute approximate surface area is 152 Å². The van der Waals surface area contributed by atoms with Crippen LogP contribution in [0.15, 0.2) is 54.2 Å². The number of nitrogens with one attached hydrogen (secondary N) is 1. The van der Waals surface area contributed by atoms with Crippen LogP contribution in [-0.2, 0) is 19.1 Å². The van der Waals surface area contributed by atoms with E-state index in [0.717, 1.165) is 16.8 Å². The van der Waals surface area contributed by atoms with Gasteiger partial charge in [-0.1, -0.05) is 30.3 Å². The third-order valence-electron chi connectivity index (χ3n) is 4.23. The van der Waals surface area contributed by atoms with Crippen molar-refractivity contribution in [1.29, 1.82) is 0 Å². The first-order valence-corrected chi connectivity index (χ1v) is 8.36. The fraction of sp³-hybridized carbons (Fsp3) is 0.238. The van der Waals surface area contributed by atoms with E-state index in [2.05, 4.69) is 37.4 Å². The van der Waals surface area contributed by atoms with Gasteiger partial charge in [0.1, 0.15) is 0 Å². The van der Waals surface area contributed by atoms with Crippen molar-refractivity contribution in [2.24, 2.45) is 0 Å². The number of hydrogen-bond acceptors (Lipinski definition) is 5. The normalized spacial score (nSPS) is 15.9. The number of rotatable bonds is 3. The lowest BCUT2D eigenvalue weighted by atomic mass is 10.0. The van der Waals surface area contributed by atoms with Gasteiger partial charge in [0, 0.05) is 25.7 Å². The number of esters is 2. The Morgan fingerprint density at radius 3 is 2.00 bits per heavy atom. The summed E-state index contributed by atoms with van der Waals surface area (Å²) in [6.07, 6.45) is 1.31. The third-order valence-corrected chi connectivity index (χ3v) is 4.23. The molecular weight excluding hydrogens is 330 g/mol. The first-order chi connectivity index (χ1) is 12.2. The van der Waals surface area contributed by atoms with E-state index in [-0.39, 0.29) is 5.57 Å². The summed E-state index contributed by atoms with van der Waals surface area (Å²) in [5, 5.41) is 2.94. The molecule has 3 rings (SSSR count). The molecule has 0 saturated carbocycles. The van der Waals surface area contributed by atoms with Crippen LogP contribution < -0.4 is 5.32 Å². The molecule has 0 aromatic heterocycles. The number of cyclic esters (lactones) is 2. The zero-order chi connectivity index (χ0) is 18.9. The van der Waals surface area contributed by atoms with E-state index in [9.17, 15) is 9.59 Å². The maximum Gasteiger partial charge on any atom is 0.350 e. The van der Waals surface area contributed by atoms with Crippen LogP contribution in [0.1, 0.15) is 25.0 Å². The molecule has 0 aliphatic carbocycles. The highest BCUT2D eigenvalue weighted by atomic mass is 16.7. The Bertz CT molecular complexity index is 873. The minimum atomic E-state index is -1.24. The van der Waals surface area contributed by atoms with Crippen molar-refractivity contribution in [1.82, 2.24) is 0 Å². The first-order valence-electron chi connectivity index (χ1n) is 8.36. The van der Waals surface area contributed by atoms with Gasteiger partial charge in [-0.05, 0) is 48.2 Å². The molecule has 2 aromatic carbocycles. The summed E-state index contributed by atoms with van der Waals surface area (Å²) in [6, 6.07) is 14.0. The number of aryl methyl sites for hydroxylation is 2. The molecule has 1 heterocycles. The Balaban J connectivity index is 1.74. The van der Waals surface area contributed by atoms with Gasteiger partial charge in [-0.25, -0.2) is 9.59 Å². The molecule has 1 N–H and O–H groups in total. The predicted molar refractivity (Wildman–Crippen MR) is 99.3 cm³/mol. The summed E-state index contributed by atoms with van der Waals surface area (Å²) in [5.74, 6) is -2.64. The molecule has 26 heavy (non-hydrogen) atoms. The van der Waals surface area contributed by atoms with Crippen molar-refractivity contribution in [3.05, 3.63) is 65.4 Å². The predicted octanol–water partition coefficient (Wildman–Crippen LogP) is 4.10. The van der Waals surface area contributed by atoms with Crippen molar-refractivity contribution < 1.29 is 19.1 Å². The van der Waals surface area contributed by atoms with Crippen molar-refractivity contribution in [2.45, 2.75) is 33.5 Å². The zero-order valence-electron chi connectivity index (χ0n) is 15.3.